The third kappa shape index (κ3) is 5.79. The molecule has 0 atom stereocenters. The number of nitrogens with zero attached hydrogens (tertiary/aromatic N) is 2. The Hall–Kier alpha value is -2.41. The summed E-state index contributed by atoms with van der Waals surface area (Å²) in [6, 6.07) is 7.07. The molecule has 0 fully saturated rings. The molecule has 2 rings (SSSR count). The van der Waals surface area contributed by atoms with Gasteiger partial charge in [0.2, 0.25) is 5.91 Å². The Morgan fingerprint density at radius 1 is 1.00 bits per heavy atom. The first-order valence-corrected chi connectivity index (χ1v) is 10.6. The van der Waals surface area contributed by atoms with E-state index in [1.54, 1.807) is 24.3 Å². The second-order valence-electron chi connectivity index (χ2n) is 7.38. The van der Waals surface area contributed by atoms with Crippen LogP contribution in [0.1, 0.15) is 61.9 Å². The van der Waals surface area contributed by atoms with Gasteiger partial charge in [0.25, 0.3) is 5.91 Å². The van der Waals surface area contributed by atoms with Crippen molar-refractivity contribution >= 4 is 35.0 Å². The van der Waals surface area contributed by atoms with E-state index in [1.807, 2.05) is 40.9 Å². The number of amides is 2. The summed E-state index contributed by atoms with van der Waals surface area (Å²) in [5.41, 5.74) is 2.50. The normalized spacial score (nSPS) is 11.0. The minimum Gasteiger partial charge on any atom is -0.326 e. The maximum Gasteiger partial charge on any atom is 0.260 e. The highest BCUT2D eigenvalue weighted by atomic mass is 32.2. The highest BCUT2D eigenvalue weighted by Crippen LogP contribution is 2.24. The molecule has 2 amide bonds. The van der Waals surface area contributed by atoms with Gasteiger partial charge in [-0.15, -0.1) is 11.8 Å². The van der Waals surface area contributed by atoms with Crippen LogP contribution < -0.4 is 10.6 Å². The number of thioether (sulfide) groups is 1. The van der Waals surface area contributed by atoms with Gasteiger partial charge in [0, 0.05) is 23.7 Å². The van der Waals surface area contributed by atoms with Gasteiger partial charge in [0.1, 0.15) is 10.9 Å². The van der Waals surface area contributed by atoms with Crippen LogP contribution in [0.25, 0.3) is 0 Å². The first-order valence-electron chi connectivity index (χ1n) is 9.35. The van der Waals surface area contributed by atoms with Gasteiger partial charge < -0.3 is 10.6 Å². The van der Waals surface area contributed by atoms with Gasteiger partial charge in [-0.2, -0.15) is 0 Å². The number of anilines is 2. The third-order valence-electron chi connectivity index (χ3n) is 4.03. The number of hydrogen-bond acceptors (Lipinski definition) is 5. The fraction of sp³-hybridized carbons (Fsp3) is 0.429. The van der Waals surface area contributed by atoms with E-state index in [2.05, 4.69) is 20.6 Å². The molecule has 150 valence electrons. The van der Waals surface area contributed by atoms with Crippen molar-refractivity contribution in [1.82, 2.24) is 9.97 Å². The van der Waals surface area contributed by atoms with Crippen molar-refractivity contribution in [3.8, 4) is 0 Å². The minimum absolute atomic E-state index is 0.0191. The summed E-state index contributed by atoms with van der Waals surface area (Å²) in [4.78, 5) is 33.7. The van der Waals surface area contributed by atoms with Crippen LogP contribution in [0, 0.1) is 12.8 Å². The molecule has 6 nitrogen and oxygen atoms in total. The highest BCUT2D eigenvalue weighted by molar-refractivity contribution is 7.98. The summed E-state index contributed by atoms with van der Waals surface area (Å²) in [6.45, 7) is 9.89. The summed E-state index contributed by atoms with van der Waals surface area (Å²) in [7, 11) is 0. The zero-order valence-electron chi connectivity index (χ0n) is 17.3. The van der Waals surface area contributed by atoms with Crippen molar-refractivity contribution in [1.29, 1.82) is 0 Å². The Kier molecular flexibility index (Phi) is 7.57. The number of carbonyl (C=O) groups is 2. The Bertz CT molecular complexity index is 848. The molecule has 0 aliphatic heterocycles. The Balaban J connectivity index is 2.14. The SMILES string of the molecule is CSc1nc(C(C)C)nc(C)c1C(=O)Nc1ccc(NC(=O)CC(C)C)cc1. The predicted molar refractivity (Wildman–Crippen MR) is 115 cm³/mol. The van der Waals surface area contributed by atoms with E-state index in [0.717, 1.165) is 5.82 Å². The predicted octanol–water partition coefficient (Wildman–Crippen LogP) is 4.87. The zero-order valence-corrected chi connectivity index (χ0v) is 18.1. The lowest BCUT2D eigenvalue weighted by Crippen LogP contribution is -2.18. The second-order valence-corrected chi connectivity index (χ2v) is 8.18. The van der Waals surface area contributed by atoms with Crippen LogP contribution in [0.3, 0.4) is 0 Å². The summed E-state index contributed by atoms with van der Waals surface area (Å²) < 4.78 is 0. The highest BCUT2D eigenvalue weighted by Gasteiger charge is 2.19. The van der Waals surface area contributed by atoms with Gasteiger partial charge in [-0.05, 0) is 43.4 Å². The molecule has 0 bridgehead atoms. The molecule has 0 spiro atoms. The molecule has 2 aromatic rings. The Morgan fingerprint density at radius 2 is 1.57 bits per heavy atom. The van der Waals surface area contributed by atoms with Crippen molar-refractivity contribution in [3.63, 3.8) is 0 Å². The molecule has 1 heterocycles. The maximum absolute atomic E-state index is 12.8. The van der Waals surface area contributed by atoms with E-state index < -0.39 is 0 Å². The fourth-order valence-electron chi connectivity index (χ4n) is 2.65. The molecule has 1 aromatic heterocycles. The summed E-state index contributed by atoms with van der Waals surface area (Å²) in [5, 5.41) is 6.42. The van der Waals surface area contributed by atoms with Crippen molar-refractivity contribution in [2.24, 2.45) is 5.92 Å². The molecule has 7 heteroatoms. The van der Waals surface area contributed by atoms with E-state index in [9.17, 15) is 9.59 Å². The standard InChI is InChI=1S/C21H28N4O2S/c1-12(2)11-17(26)23-15-7-9-16(10-8-15)24-20(27)18-14(5)22-19(13(3)4)25-21(18)28-6/h7-10,12-13H,11H2,1-6H3,(H,23,26)(H,24,27). The Labute approximate surface area is 170 Å². The van der Waals surface area contributed by atoms with Crippen molar-refractivity contribution in [2.75, 3.05) is 16.9 Å². The van der Waals surface area contributed by atoms with Crippen LogP contribution in [-0.2, 0) is 4.79 Å². The number of rotatable bonds is 7. The number of benzene rings is 1. The summed E-state index contributed by atoms with van der Waals surface area (Å²) >= 11 is 1.43. The lowest BCUT2D eigenvalue weighted by molar-refractivity contribution is -0.116. The lowest BCUT2D eigenvalue weighted by Gasteiger charge is -2.14. The molecule has 1 aromatic carbocycles. The molecule has 0 aliphatic carbocycles. The van der Waals surface area contributed by atoms with Gasteiger partial charge >= 0.3 is 0 Å². The lowest BCUT2D eigenvalue weighted by atomic mass is 10.1. The second kappa shape index (κ2) is 9.68. The van der Waals surface area contributed by atoms with Gasteiger partial charge in [0.05, 0.1) is 11.3 Å². The van der Waals surface area contributed by atoms with Crippen molar-refractivity contribution in [3.05, 3.63) is 41.3 Å². The van der Waals surface area contributed by atoms with Gasteiger partial charge in [-0.1, -0.05) is 27.7 Å². The number of aromatic nitrogens is 2. The third-order valence-corrected chi connectivity index (χ3v) is 4.71. The minimum atomic E-state index is -0.242. The monoisotopic (exact) mass is 400 g/mol. The summed E-state index contributed by atoms with van der Waals surface area (Å²) in [5.74, 6) is 0.972. The Morgan fingerprint density at radius 3 is 2.07 bits per heavy atom. The number of hydrogen-bond donors (Lipinski definition) is 2. The van der Waals surface area contributed by atoms with Crippen molar-refractivity contribution < 1.29 is 9.59 Å². The van der Waals surface area contributed by atoms with E-state index in [-0.39, 0.29) is 17.7 Å². The van der Waals surface area contributed by atoms with Crippen LogP contribution in [0.5, 0.6) is 0 Å². The average Bonchev–Trinajstić information content (AvgIpc) is 2.61. The number of aryl methyl sites for hydroxylation is 1. The summed E-state index contributed by atoms with van der Waals surface area (Å²) in [6.07, 6.45) is 2.37. The smallest absolute Gasteiger partial charge is 0.260 e. The van der Waals surface area contributed by atoms with E-state index >= 15 is 0 Å². The topological polar surface area (TPSA) is 84.0 Å². The largest absolute Gasteiger partial charge is 0.326 e. The van der Waals surface area contributed by atoms with Gasteiger partial charge in [-0.25, -0.2) is 9.97 Å². The van der Waals surface area contributed by atoms with Crippen molar-refractivity contribution in [2.45, 2.75) is 52.0 Å². The average molecular weight is 401 g/mol. The van der Waals surface area contributed by atoms with Crippen LogP contribution in [-0.4, -0.2) is 28.0 Å². The first-order chi connectivity index (χ1) is 13.2. The molecule has 2 N–H and O–H groups in total. The zero-order chi connectivity index (χ0) is 20.8. The fourth-order valence-corrected chi connectivity index (χ4v) is 3.28. The van der Waals surface area contributed by atoms with Gasteiger partial charge in [-0.3, -0.25) is 9.59 Å². The molecular weight excluding hydrogens is 372 g/mol. The molecule has 0 saturated carbocycles. The first kappa shape index (κ1) is 21.9. The van der Waals surface area contributed by atoms with E-state index in [4.69, 9.17) is 0 Å². The van der Waals surface area contributed by atoms with Gasteiger partial charge in [0.15, 0.2) is 0 Å². The van der Waals surface area contributed by atoms with Crippen LogP contribution in [0.4, 0.5) is 11.4 Å². The van der Waals surface area contributed by atoms with E-state index in [0.29, 0.717) is 40.0 Å². The maximum atomic E-state index is 12.8. The number of carbonyl (C=O) groups excluding carboxylic acids is 2. The van der Waals surface area contributed by atoms with Crippen LogP contribution in [0.15, 0.2) is 29.3 Å². The molecule has 0 radical (unpaired) electrons. The molecular formula is C21H28N4O2S. The van der Waals surface area contributed by atoms with E-state index in [1.165, 1.54) is 11.8 Å². The van der Waals surface area contributed by atoms with Crippen LogP contribution in [0.2, 0.25) is 0 Å². The number of nitrogens with one attached hydrogen (secondary N) is 2. The quantitative estimate of drug-likeness (QED) is 0.512. The molecule has 0 aliphatic rings. The molecule has 0 saturated heterocycles. The van der Waals surface area contributed by atoms with Crippen LogP contribution >= 0.6 is 11.8 Å². The molecule has 0 unspecified atom stereocenters. The molecule has 28 heavy (non-hydrogen) atoms.